The van der Waals surface area contributed by atoms with E-state index >= 15 is 0 Å². The van der Waals surface area contributed by atoms with Crippen molar-refractivity contribution in [3.8, 4) is 5.75 Å². The molecule has 0 aliphatic carbocycles. The van der Waals surface area contributed by atoms with E-state index in [1.807, 2.05) is 42.5 Å². The quantitative estimate of drug-likeness (QED) is 0.736. The summed E-state index contributed by atoms with van der Waals surface area (Å²) in [5, 5.41) is 0. The van der Waals surface area contributed by atoms with Crippen LogP contribution in [0.3, 0.4) is 0 Å². The van der Waals surface area contributed by atoms with E-state index in [1.54, 1.807) is 7.11 Å². The van der Waals surface area contributed by atoms with Crippen LogP contribution in [0.25, 0.3) is 0 Å². The Kier molecular flexibility index (Phi) is 4.94. The number of carbonyl (C=O) groups excluding carboxylic acids is 1. The maximum absolute atomic E-state index is 12.2. The zero-order valence-electron chi connectivity index (χ0n) is 12.0. The molecule has 104 valence electrons. The van der Waals surface area contributed by atoms with Gasteiger partial charge in [0.2, 0.25) is 0 Å². The average Bonchev–Trinajstić information content (AvgIpc) is 2.48. The molecule has 0 saturated carbocycles. The van der Waals surface area contributed by atoms with Gasteiger partial charge in [0.15, 0.2) is 5.78 Å². The number of hydrogen-bond acceptors (Lipinski definition) is 2. The lowest BCUT2D eigenvalue weighted by atomic mass is 9.94. The van der Waals surface area contributed by atoms with Gasteiger partial charge in [-0.2, -0.15) is 0 Å². The van der Waals surface area contributed by atoms with Crippen molar-refractivity contribution >= 4 is 5.78 Å². The van der Waals surface area contributed by atoms with Gasteiger partial charge in [-0.05, 0) is 42.2 Å². The van der Waals surface area contributed by atoms with Gasteiger partial charge in [0.1, 0.15) is 5.75 Å². The summed E-state index contributed by atoms with van der Waals surface area (Å²) in [7, 11) is 1.62. The molecule has 0 N–H and O–H groups in total. The minimum atomic E-state index is 0.191. The van der Waals surface area contributed by atoms with E-state index < -0.39 is 0 Å². The molecule has 2 heteroatoms. The number of Topliss-reactive ketones (excluding diaryl/α,β-unsaturated/α-hetero) is 1. The number of methoxy groups -OCH3 is 1. The van der Waals surface area contributed by atoms with Gasteiger partial charge >= 0.3 is 0 Å². The molecule has 0 unspecified atom stereocenters. The Bertz CT molecular complexity index is 543. The van der Waals surface area contributed by atoms with Crippen molar-refractivity contribution in [2.24, 2.45) is 5.92 Å². The molecule has 0 saturated heterocycles. The zero-order chi connectivity index (χ0) is 14.4. The highest BCUT2D eigenvalue weighted by atomic mass is 16.5. The second kappa shape index (κ2) is 6.90. The van der Waals surface area contributed by atoms with Crippen LogP contribution in [0.4, 0.5) is 0 Å². The third-order valence-corrected chi connectivity index (χ3v) is 3.37. The standard InChI is InChI=1S/C18H20O2/c1-14(12-15-6-4-3-5-7-15)13-18(19)16-8-10-17(20-2)11-9-16/h3-11,14H,12-13H2,1-2H3/t14-/m1/s1. The van der Waals surface area contributed by atoms with Gasteiger partial charge in [-0.1, -0.05) is 37.3 Å². The summed E-state index contributed by atoms with van der Waals surface area (Å²) < 4.78 is 5.10. The van der Waals surface area contributed by atoms with E-state index in [1.165, 1.54) is 5.56 Å². The molecule has 0 aliphatic rings. The molecule has 0 amide bonds. The van der Waals surface area contributed by atoms with E-state index in [4.69, 9.17) is 4.74 Å². The largest absolute Gasteiger partial charge is 0.497 e. The van der Waals surface area contributed by atoms with Gasteiger partial charge in [-0.15, -0.1) is 0 Å². The van der Waals surface area contributed by atoms with Crippen molar-refractivity contribution < 1.29 is 9.53 Å². The number of hydrogen-bond donors (Lipinski definition) is 0. The van der Waals surface area contributed by atoms with Crippen LogP contribution in [-0.4, -0.2) is 12.9 Å². The highest BCUT2D eigenvalue weighted by molar-refractivity contribution is 5.96. The topological polar surface area (TPSA) is 26.3 Å². The van der Waals surface area contributed by atoms with E-state index in [-0.39, 0.29) is 5.78 Å². The fourth-order valence-corrected chi connectivity index (χ4v) is 2.30. The van der Waals surface area contributed by atoms with Crippen LogP contribution in [0, 0.1) is 5.92 Å². The number of ether oxygens (including phenoxy) is 1. The van der Waals surface area contributed by atoms with Crippen molar-refractivity contribution in [2.75, 3.05) is 7.11 Å². The highest BCUT2D eigenvalue weighted by Crippen LogP contribution is 2.17. The fourth-order valence-electron chi connectivity index (χ4n) is 2.30. The third kappa shape index (κ3) is 3.95. The van der Waals surface area contributed by atoms with Crippen molar-refractivity contribution in [1.29, 1.82) is 0 Å². The molecule has 0 spiro atoms. The fraction of sp³-hybridized carbons (Fsp3) is 0.278. The van der Waals surface area contributed by atoms with Crippen LogP contribution < -0.4 is 4.74 Å². The molecular formula is C18H20O2. The first kappa shape index (κ1) is 14.3. The van der Waals surface area contributed by atoms with Crippen LogP contribution >= 0.6 is 0 Å². The van der Waals surface area contributed by atoms with Crippen molar-refractivity contribution in [3.05, 3.63) is 65.7 Å². The minimum absolute atomic E-state index is 0.191. The predicted octanol–water partition coefficient (Wildman–Crippen LogP) is 4.15. The van der Waals surface area contributed by atoms with Crippen LogP contribution in [0.2, 0.25) is 0 Å². The van der Waals surface area contributed by atoms with Gasteiger partial charge in [0, 0.05) is 12.0 Å². The average molecular weight is 268 g/mol. The van der Waals surface area contributed by atoms with E-state index in [0.717, 1.165) is 17.7 Å². The van der Waals surface area contributed by atoms with Gasteiger partial charge in [-0.25, -0.2) is 0 Å². The molecule has 0 fully saturated rings. The molecule has 2 rings (SSSR count). The van der Waals surface area contributed by atoms with Crippen LogP contribution in [0.1, 0.15) is 29.3 Å². The van der Waals surface area contributed by atoms with E-state index in [9.17, 15) is 4.79 Å². The van der Waals surface area contributed by atoms with Crippen LogP contribution in [-0.2, 0) is 6.42 Å². The third-order valence-electron chi connectivity index (χ3n) is 3.37. The SMILES string of the molecule is COc1ccc(C(=O)C[C@H](C)Cc2ccccc2)cc1. The summed E-state index contributed by atoms with van der Waals surface area (Å²) in [5.41, 5.74) is 2.04. The van der Waals surface area contributed by atoms with Gasteiger partial charge < -0.3 is 4.74 Å². The molecule has 20 heavy (non-hydrogen) atoms. The maximum atomic E-state index is 12.2. The first-order chi connectivity index (χ1) is 9.69. The van der Waals surface area contributed by atoms with Crippen LogP contribution in [0.15, 0.2) is 54.6 Å². The molecule has 0 radical (unpaired) electrons. The second-order valence-corrected chi connectivity index (χ2v) is 5.15. The van der Waals surface area contributed by atoms with Crippen molar-refractivity contribution in [1.82, 2.24) is 0 Å². The van der Waals surface area contributed by atoms with E-state index in [2.05, 4.69) is 19.1 Å². The van der Waals surface area contributed by atoms with Gasteiger partial charge in [0.25, 0.3) is 0 Å². The van der Waals surface area contributed by atoms with E-state index in [0.29, 0.717) is 12.3 Å². The lowest BCUT2D eigenvalue weighted by Gasteiger charge is -2.11. The molecule has 2 nitrogen and oxygen atoms in total. The van der Waals surface area contributed by atoms with Gasteiger partial charge in [0.05, 0.1) is 7.11 Å². The number of rotatable bonds is 6. The monoisotopic (exact) mass is 268 g/mol. The van der Waals surface area contributed by atoms with Crippen molar-refractivity contribution in [2.45, 2.75) is 19.8 Å². The Labute approximate surface area is 120 Å². The van der Waals surface area contributed by atoms with Gasteiger partial charge in [-0.3, -0.25) is 4.79 Å². The summed E-state index contributed by atoms with van der Waals surface area (Å²) in [6.07, 6.45) is 1.50. The molecule has 2 aromatic carbocycles. The second-order valence-electron chi connectivity index (χ2n) is 5.15. The molecule has 0 heterocycles. The molecule has 0 bridgehead atoms. The smallest absolute Gasteiger partial charge is 0.163 e. The maximum Gasteiger partial charge on any atom is 0.163 e. The molecular weight excluding hydrogens is 248 g/mol. The summed E-state index contributed by atoms with van der Waals surface area (Å²) in [5.74, 6) is 1.31. The van der Waals surface area contributed by atoms with Crippen molar-refractivity contribution in [3.63, 3.8) is 0 Å². The molecule has 1 atom stereocenters. The molecule has 0 aliphatic heterocycles. The number of ketones is 1. The highest BCUT2D eigenvalue weighted by Gasteiger charge is 2.12. The summed E-state index contributed by atoms with van der Waals surface area (Å²) in [6, 6.07) is 17.6. The minimum Gasteiger partial charge on any atom is -0.497 e. The summed E-state index contributed by atoms with van der Waals surface area (Å²) in [6.45, 7) is 2.12. The zero-order valence-corrected chi connectivity index (χ0v) is 12.0. The Morgan fingerprint density at radius 1 is 1.05 bits per heavy atom. The lowest BCUT2D eigenvalue weighted by molar-refractivity contribution is 0.0964. The molecule has 0 aromatic heterocycles. The Hall–Kier alpha value is -2.09. The molecule has 2 aromatic rings. The predicted molar refractivity (Wildman–Crippen MR) is 81.3 cm³/mol. The lowest BCUT2D eigenvalue weighted by Crippen LogP contribution is -2.08. The number of benzene rings is 2. The normalized spacial score (nSPS) is 11.9. The Balaban J connectivity index is 1.93. The Morgan fingerprint density at radius 3 is 2.30 bits per heavy atom. The Morgan fingerprint density at radius 2 is 1.70 bits per heavy atom. The summed E-state index contributed by atoms with van der Waals surface area (Å²) in [4.78, 5) is 12.2. The first-order valence-corrected chi connectivity index (χ1v) is 6.90. The summed E-state index contributed by atoms with van der Waals surface area (Å²) >= 11 is 0. The number of carbonyl (C=O) groups is 1. The van der Waals surface area contributed by atoms with Crippen LogP contribution in [0.5, 0.6) is 5.75 Å². The first-order valence-electron chi connectivity index (χ1n) is 6.90.